The number of aromatic amines is 1. The maximum absolute atomic E-state index is 12.3. The first-order valence-electron chi connectivity index (χ1n) is 8.80. The van der Waals surface area contributed by atoms with Crippen molar-refractivity contribution in [2.24, 2.45) is 0 Å². The number of nitrogens with zero attached hydrogens (tertiary/aromatic N) is 3. The maximum atomic E-state index is 12.3. The Kier molecular flexibility index (Phi) is 5.22. The normalized spacial score (nSPS) is 17.6. The Hall–Kier alpha value is -1.54. The molecule has 0 saturated carbocycles. The molecule has 136 valence electrons. The molecular weight excluding hydrogens is 412 g/mol. The predicted octanol–water partition coefficient (Wildman–Crippen LogP) is 3.63. The number of rotatable bonds is 4. The van der Waals surface area contributed by atoms with Crippen molar-refractivity contribution in [2.75, 3.05) is 26.2 Å². The molecule has 1 aliphatic rings. The maximum Gasteiger partial charge on any atom is 0.258 e. The molecule has 1 aliphatic heterocycles. The number of fused-ring (bicyclic) bond motifs is 1. The second kappa shape index (κ2) is 7.60. The summed E-state index contributed by atoms with van der Waals surface area (Å²) in [6.07, 6.45) is 0. The van der Waals surface area contributed by atoms with Gasteiger partial charge < -0.3 is 4.98 Å². The van der Waals surface area contributed by atoms with E-state index in [0.29, 0.717) is 5.39 Å². The average Bonchev–Trinajstić information content (AvgIpc) is 3.06. The minimum absolute atomic E-state index is 0.0561. The summed E-state index contributed by atoms with van der Waals surface area (Å²) in [7, 11) is 0. The van der Waals surface area contributed by atoms with E-state index in [-0.39, 0.29) is 11.6 Å². The molecule has 1 fully saturated rings. The number of hydrogen-bond acceptors (Lipinski definition) is 5. The van der Waals surface area contributed by atoms with E-state index >= 15 is 0 Å². The standard InChI is InChI=1S/C19H21BrN4OS/c1-13(18-21-16-5-3-2-4-15(16)19(25)22-18)24-10-8-23(9-11-24)12-14-6-7-17(20)26-14/h2-7,13H,8-12H2,1H3,(H,21,22,25). The average molecular weight is 433 g/mol. The fourth-order valence-electron chi connectivity index (χ4n) is 3.44. The van der Waals surface area contributed by atoms with Crippen molar-refractivity contribution in [1.29, 1.82) is 0 Å². The van der Waals surface area contributed by atoms with Gasteiger partial charge in [0.25, 0.3) is 5.56 Å². The predicted molar refractivity (Wildman–Crippen MR) is 110 cm³/mol. The first kappa shape index (κ1) is 17.9. The summed E-state index contributed by atoms with van der Waals surface area (Å²) in [5, 5.41) is 0.648. The van der Waals surface area contributed by atoms with Gasteiger partial charge in [-0.3, -0.25) is 14.6 Å². The lowest BCUT2D eigenvalue weighted by Gasteiger charge is -2.37. The molecule has 0 aliphatic carbocycles. The van der Waals surface area contributed by atoms with E-state index in [9.17, 15) is 4.79 Å². The molecule has 1 saturated heterocycles. The van der Waals surface area contributed by atoms with Gasteiger partial charge in [-0.1, -0.05) is 12.1 Å². The van der Waals surface area contributed by atoms with Crippen LogP contribution < -0.4 is 5.56 Å². The van der Waals surface area contributed by atoms with Crippen molar-refractivity contribution in [2.45, 2.75) is 19.5 Å². The third-order valence-corrected chi connectivity index (χ3v) is 6.60. The topological polar surface area (TPSA) is 52.2 Å². The number of hydrogen-bond donors (Lipinski definition) is 1. The van der Waals surface area contributed by atoms with Gasteiger partial charge in [0.15, 0.2) is 0 Å². The number of aromatic nitrogens is 2. The van der Waals surface area contributed by atoms with Gasteiger partial charge in [-0.2, -0.15) is 0 Å². The van der Waals surface area contributed by atoms with Crippen LogP contribution in [0.3, 0.4) is 0 Å². The minimum Gasteiger partial charge on any atom is -0.309 e. The summed E-state index contributed by atoms with van der Waals surface area (Å²) >= 11 is 5.33. The van der Waals surface area contributed by atoms with Crippen LogP contribution in [0.15, 0.2) is 45.0 Å². The van der Waals surface area contributed by atoms with Crippen LogP contribution in [0.5, 0.6) is 0 Å². The quantitative estimate of drug-likeness (QED) is 0.683. The summed E-state index contributed by atoms with van der Waals surface area (Å²) < 4.78 is 1.19. The number of halogens is 1. The summed E-state index contributed by atoms with van der Waals surface area (Å²) in [4.78, 5) is 26.2. The molecule has 7 heteroatoms. The van der Waals surface area contributed by atoms with Gasteiger partial charge in [-0.05, 0) is 47.1 Å². The third kappa shape index (κ3) is 3.76. The molecule has 1 aromatic carbocycles. The molecule has 2 aromatic heterocycles. The fourth-order valence-corrected chi connectivity index (χ4v) is 4.97. The molecule has 3 heterocycles. The Morgan fingerprint density at radius 3 is 2.69 bits per heavy atom. The van der Waals surface area contributed by atoms with Crippen molar-refractivity contribution in [3.63, 3.8) is 0 Å². The Labute approximate surface area is 164 Å². The van der Waals surface area contributed by atoms with Gasteiger partial charge in [0.2, 0.25) is 0 Å². The van der Waals surface area contributed by atoms with Crippen LogP contribution in [0.4, 0.5) is 0 Å². The smallest absolute Gasteiger partial charge is 0.258 e. The Morgan fingerprint density at radius 2 is 1.96 bits per heavy atom. The largest absolute Gasteiger partial charge is 0.309 e. The number of benzene rings is 1. The summed E-state index contributed by atoms with van der Waals surface area (Å²) in [6, 6.07) is 11.9. The molecule has 0 radical (unpaired) electrons. The van der Waals surface area contributed by atoms with Gasteiger partial charge >= 0.3 is 0 Å². The van der Waals surface area contributed by atoms with Gasteiger partial charge in [0.05, 0.1) is 20.7 Å². The molecular formula is C19H21BrN4OS. The lowest BCUT2D eigenvalue weighted by atomic mass is 10.2. The third-order valence-electron chi connectivity index (χ3n) is 4.99. The second-order valence-corrected chi connectivity index (χ2v) is 9.21. The number of piperazine rings is 1. The number of H-pyrrole nitrogens is 1. The van der Waals surface area contributed by atoms with Gasteiger partial charge in [-0.15, -0.1) is 11.3 Å². The zero-order chi connectivity index (χ0) is 18.1. The van der Waals surface area contributed by atoms with Crippen LogP contribution in [0.1, 0.15) is 23.7 Å². The molecule has 1 N–H and O–H groups in total. The highest BCUT2D eigenvalue weighted by Crippen LogP contribution is 2.25. The van der Waals surface area contributed by atoms with E-state index in [1.807, 2.05) is 24.3 Å². The molecule has 0 bridgehead atoms. The molecule has 5 nitrogen and oxygen atoms in total. The van der Waals surface area contributed by atoms with E-state index in [4.69, 9.17) is 0 Å². The van der Waals surface area contributed by atoms with E-state index in [1.54, 1.807) is 11.3 Å². The number of para-hydroxylation sites is 1. The first-order chi connectivity index (χ1) is 12.6. The Bertz CT molecular complexity index is 961. The van der Waals surface area contributed by atoms with Crippen LogP contribution >= 0.6 is 27.3 Å². The minimum atomic E-state index is -0.0561. The lowest BCUT2D eigenvalue weighted by Crippen LogP contribution is -2.47. The molecule has 26 heavy (non-hydrogen) atoms. The van der Waals surface area contributed by atoms with E-state index in [2.05, 4.69) is 54.8 Å². The Balaban J connectivity index is 1.43. The summed E-state index contributed by atoms with van der Waals surface area (Å²) in [6.45, 7) is 7.13. The highest BCUT2D eigenvalue weighted by atomic mass is 79.9. The van der Waals surface area contributed by atoms with Crippen LogP contribution in [-0.2, 0) is 6.54 Å². The molecule has 0 spiro atoms. The number of nitrogens with one attached hydrogen (secondary N) is 1. The van der Waals surface area contributed by atoms with Crippen molar-refractivity contribution in [1.82, 2.24) is 19.8 Å². The van der Waals surface area contributed by atoms with Crippen LogP contribution in [-0.4, -0.2) is 45.9 Å². The molecule has 0 amide bonds. The highest BCUT2D eigenvalue weighted by molar-refractivity contribution is 9.11. The Morgan fingerprint density at radius 1 is 1.19 bits per heavy atom. The molecule has 1 atom stereocenters. The monoisotopic (exact) mass is 432 g/mol. The van der Waals surface area contributed by atoms with Crippen molar-refractivity contribution in [3.8, 4) is 0 Å². The van der Waals surface area contributed by atoms with Crippen molar-refractivity contribution < 1.29 is 0 Å². The zero-order valence-electron chi connectivity index (χ0n) is 14.6. The summed E-state index contributed by atoms with van der Waals surface area (Å²) in [5.41, 5.74) is 0.708. The molecule has 3 aromatic rings. The van der Waals surface area contributed by atoms with E-state index in [0.717, 1.165) is 44.1 Å². The van der Waals surface area contributed by atoms with Crippen molar-refractivity contribution in [3.05, 3.63) is 61.2 Å². The van der Waals surface area contributed by atoms with Gasteiger partial charge in [-0.25, -0.2) is 4.98 Å². The van der Waals surface area contributed by atoms with Crippen LogP contribution in [0, 0.1) is 0 Å². The zero-order valence-corrected chi connectivity index (χ0v) is 17.0. The summed E-state index contributed by atoms with van der Waals surface area (Å²) in [5.74, 6) is 0.754. The van der Waals surface area contributed by atoms with Crippen LogP contribution in [0.25, 0.3) is 10.9 Å². The molecule has 4 rings (SSSR count). The van der Waals surface area contributed by atoms with Gasteiger partial charge in [0, 0.05) is 37.6 Å². The lowest BCUT2D eigenvalue weighted by molar-refractivity contribution is 0.0954. The van der Waals surface area contributed by atoms with Gasteiger partial charge in [0.1, 0.15) is 5.82 Å². The van der Waals surface area contributed by atoms with E-state index in [1.165, 1.54) is 8.66 Å². The van der Waals surface area contributed by atoms with Crippen LogP contribution in [0.2, 0.25) is 0 Å². The van der Waals surface area contributed by atoms with E-state index < -0.39 is 0 Å². The molecule has 1 unspecified atom stereocenters. The highest BCUT2D eigenvalue weighted by Gasteiger charge is 2.24. The SMILES string of the molecule is CC(c1nc2ccccc2c(=O)[nH]1)N1CCN(Cc2ccc(Br)s2)CC1. The number of thiophene rings is 1. The second-order valence-electron chi connectivity index (χ2n) is 6.66. The fraction of sp³-hybridized carbons (Fsp3) is 0.368. The first-order valence-corrected chi connectivity index (χ1v) is 10.4. The van der Waals surface area contributed by atoms with Crippen molar-refractivity contribution >= 4 is 38.2 Å².